The zero-order chi connectivity index (χ0) is 14.9. The Labute approximate surface area is 122 Å². The van der Waals surface area contributed by atoms with Gasteiger partial charge >= 0.3 is 0 Å². The van der Waals surface area contributed by atoms with Crippen LogP contribution in [0.25, 0.3) is 0 Å². The largest absolute Gasteiger partial charge is 0.329 e. The minimum atomic E-state index is -3.44. The van der Waals surface area contributed by atoms with Crippen LogP contribution in [0.15, 0.2) is 23.1 Å². The first-order valence-corrected chi connectivity index (χ1v) is 8.61. The topological polar surface area (TPSA) is 63.4 Å². The van der Waals surface area contributed by atoms with Gasteiger partial charge in [-0.05, 0) is 55.9 Å². The van der Waals surface area contributed by atoms with Crippen molar-refractivity contribution in [2.24, 2.45) is 11.7 Å². The summed E-state index contributed by atoms with van der Waals surface area (Å²) in [7, 11) is -3.44. The maximum Gasteiger partial charge on any atom is 0.243 e. The van der Waals surface area contributed by atoms with E-state index in [9.17, 15) is 8.42 Å². The molecule has 0 radical (unpaired) electrons. The number of piperidine rings is 1. The van der Waals surface area contributed by atoms with E-state index >= 15 is 0 Å². The first-order chi connectivity index (χ1) is 9.37. The van der Waals surface area contributed by atoms with Gasteiger partial charge in [0, 0.05) is 19.1 Å². The first kappa shape index (κ1) is 15.5. The molecule has 0 saturated carbocycles. The summed E-state index contributed by atoms with van der Waals surface area (Å²) >= 11 is 0. The van der Waals surface area contributed by atoms with Crippen LogP contribution in [0.1, 0.15) is 30.9 Å². The molecule has 112 valence electrons. The van der Waals surface area contributed by atoms with E-state index in [0.29, 0.717) is 23.9 Å². The maximum absolute atomic E-state index is 12.8. The predicted octanol–water partition coefficient (Wildman–Crippen LogP) is 2.05. The lowest BCUT2D eigenvalue weighted by Gasteiger charge is -2.38. The highest BCUT2D eigenvalue weighted by Crippen LogP contribution is 2.29. The van der Waals surface area contributed by atoms with Gasteiger partial charge in [-0.15, -0.1) is 0 Å². The Morgan fingerprint density at radius 2 is 2.00 bits per heavy atom. The lowest BCUT2D eigenvalue weighted by Crippen LogP contribution is -2.51. The molecule has 1 saturated heterocycles. The monoisotopic (exact) mass is 296 g/mol. The zero-order valence-corrected chi connectivity index (χ0v) is 13.3. The lowest BCUT2D eigenvalue weighted by atomic mass is 9.93. The van der Waals surface area contributed by atoms with E-state index in [4.69, 9.17) is 5.73 Å². The number of sulfonamides is 1. The molecule has 5 heteroatoms. The van der Waals surface area contributed by atoms with Crippen LogP contribution in [-0.4, -0.2) is 31.9 Å². The highest BCUT2D eigenvalue weighted by molar-refractivity contribution is 7.89. The molecule has 0 aliphatic carbocycles. The van der Waals surface area contributed by atoms with Crippen LogP contribution in [-0.2, 0) is 10.0 Å². The Kier molecular flexibility index (Phi) is 4.52. The Bertz CT molecular complexity index is 584. The average molecular weight is 296 g/mol. The van der Waals surface area contributed by atoms with Gasteiger partial charge in [-0.25, -0.2) is 8.42 Å². The van der Waals surface area contributed by atoms with Crippen LogP contribution < -0.4 is 5.73 Å². The van der Waals surface area contributed by atoms with Crippen molar-refractivity contribution < 1.29 is 8.42 Å². The molecular weight excluding hydrogens is 272 g/mol. The third-order valence-corrected chi connectivity index (χ3v) is 6.31. The molecule has 1 aliphatic rings. The maximum atomic E-state index is 12.8. The quantitative estimate of drug-likeness (QED) is 0.928. The highest BCUT2D eigenvalue weighted by Gasteiger charge is 2.36. The SMILES string of the molecule is Cc1ccc(S(=O)(=O)N2CCCC(C)C2CN)cc1C. The van der Waals surface area contributed by atoms with E-state index in [1.165, 1.54) is 0 Å². The third-order valence-electron chi connectivity index (χ3n) is 4.39. The number of hydrogen-bond donors (Lipinski definition) is 1. The minimum Gasteiger partial charge on any atom is -0.329 e. The van der Waals surface area contributed by atoms with Gasteiger partial charge in [0.15, 0.2) is 0 Å². The van der Waals surface area contributed by atoms with Gasteiger partial charge in [0.05, 0.1) is 4.90 Å². The van der Waals surface area contributed by atoms with Crippen LogP contribution in [0.5, 0.6) is 0 Å². The smallest absolute Gasteiger partial charge is 0.243 e. The molecule has 20 heavy (non-hydrogen) atoms. The van der Waals surface area contributed by atoms with Crippen molar-refractivity contribution in [3.05, 3.63) is 29.3 Å². The summed E-state index contributed by atoms with van der Waals surface area (Å²) in [5.74, 6) is 0.315. The van der Waals surface area contributed by atoms with E-state index in [2.05, 4.69) is 6.92 Å². The first-order valence-electron chi connectivity index (χ1n) is 7.17. The molecular formula is C15H24N2O2S. The second-order valence-corrected chi connectivity index (χ2v) is 7.67. The van der Waals surface area contributed by atoms with Gasteiger partial charge < -0.3 is 5.73 Å². The van der Waals surface area contributed by atoms with E-state index in [1.807, 2.05) is 19.9 Å². The fourth-order valence-corrected chi connectivity index (χ4v) is 4.73. The molecule has 0 amide bonds. The Morgan fingerprint density at radius 1 is 1.30 bits per heavy atom. The van der Waals surface area contributed by atoms with Gasteiger partial charge in [0.1, 0.15) is 0 Å². The third kappa shape index (κ3) is 2.75. The molecule has 2 N–H and O–H groups in total. The predicted molar refractivity (Wildman–Crippen MR) is 81.0 cm³/mol. The summed E-state index contributed by atoms with van der Waals surface area (Å²) in [6.45, 7) is 6.96. The van der Waals surface area contributed by atoms with Gasteiger partial charge in [-0.1, -0.05) is 13.0 Å². The van der Waals surface area contributed by atoms with Crippen LogP contribution >= 0.6 is 0 Å². The summed E-state index contributed by atoms with van der Waals surface area (Å²) in [6, 6.07) is 5.24. The van der Waals surface area contributed by atoms with Gasteiger partial charge in [0.2, 0.25) is 10.0 Å². The summed E-state index contributed by atoms with van der Waals surface area (Å²) in [5, 5.41) is 0. The van der Waals surface area contributed by atoms with Crippen molar-refractivity contribution in [2.75, 3.05) is 13.1 Å². The molecule has 0 aromatic heterocycles. The van der Waals surface area contributed by atoms with Crippen molar-refractivity contribution in [3.63, 3.8) is 0 Å². The van der Waals surface area contributed by atoms with Crippen molar-refractivity contribution >= 4 is 10.0 Å². The van der Waals surface area contributed by atoms with E-state index in [1.54, 1.807) is 16.4 Å². The number of hydrogen-bond acceptors (Lipinski definition) is 3. The summed E-state index contributed by atoms with van der Waals surface area (Å²) < 4.78 is 27.3. The zero-order valence-electron chi connectivity index (χ0n) is 12.5. The summed E-state index contributed by atoms with van der Waals surface area (Å²) in [4.78, 5) is 0.383. The van der Waals surface area contributed by atoms with Crippen LogP contribution in [0, 0.1) is 19.8 Å². The number of rotatable bonds is 3. The molecule has 1 aromatic carbocycles. The number of aryl methyl sites for hydroxylation is 2. The molecule has 1 heterocycles. The Balaban J connectivity index is 2.40. The normalized spacial score (nSPS) is 24.8. The summed E-state index contributed by atoms with van der Waals surface area (Å²) in [5.41, 5.74) is 7.91. The van der Waals surface area contributed by atoms with E-state index in [-0.39, 0.29) is 6.04 Å². The number of benzene rings is 1. The molecule has 2 atom stereocenters. The standard InChI is InChI=1S/C15H24N2O2S/c1-11-6-7-14(9-13(11)3)20(18,19)17-8-4-5-12(2)15(17)10-16/h6-7,9,12,15H,4-5,8,10,16H2,1-3H3. The van der Waals surface area contributed by atoms with Crippen LogP contribution in [0.4, 0.5) is 0 Å². The number of nitrogens with two attached hydrogens (primary N) is 1. The fourth-order valence-electron chi connectivity index (χ4n) is 2.87. The van der Waals surface area contributed by atoms with Crippen LogP contribution in [0.3, 0.4) is 0 Å². The molecule has 4 nitrogen and oxygen atoms in total. The molecule has 0 spiro atoms. The van der Waals surface area contributed by atoms with Crippen molar-refractivity contribution in [1.82, 2.24) is 4.31 Å². The van der Waals surface area contributed by atoms with Crippen molar-refractivity contribution in [2.45, 2.75) is 44.6 Å². The van der Waals surface area contributed by atoms with Crippen molar-refractivity contribution in [3.8, 4) is 0 Å². The average Bonchev–Trinajstić information content (AvgIpc) is 2.41. The fraction of sp³-hybridized carbons (Fsp3) is 0.600. The second-order valence-electron chi connectivity index (χ2n) is 5.78. The van der Waals surface area contributed by atoms with E-state index in [0.717, 1.165) is 24.0 Å². The van der Waals surface area contributed by atoms with Crippen LogP contribution in [0.2, 0.25) is 0 Å². The van der Waals surface area contributed by atoms with E-state index < -0.39 is 10.0 Å². The highest BCUT2D eigenvalue weighted by atomic mass is 32.2. The molecule has 2 rings (SSSR count). The number of nitrogens with zero attached hydrogens (tertiary/aromatic N) is 1. The molecule has 1 fully saturated rings. The summed E-state index contributed by atoms with van der Waals surface area (Å²) in [6.07, 6.45) is 1.95. The van der Waals surface area contributed by atoms with Gasteiger partial charge in [0.25, 0.3) is 0 Å². The molecule has 1 aromatic rings. The molecule has 2 unspecified atom stereocenters. The molecule has 0 bridgehead atoms. The Morgan fingerprint density at radius 3 is 2.60 bits per heavy atom. The van der Waals surface area contributed by atoms with Gasteiger partial charge in [-0.2, -0.15) is 4.31 Å². The molecule has 1 aliphatic heterocycles. The Hall–Kier alpha value is -0.910. The van der Waals surface area contributed by atoms with Crippen molar-refractivity contribution in [1.29, 1.82) is 0 Å². The minimum absolute atomic E-state index is 0.0876. The van der Waals surface area contributed by atoms with Gasteiger partial charge in [-0.3, -0.25) is 0 Å². The second kappa shape index (κ2) is 5.84. The lowest BCUT2D eigenvalue weighted by molar-refractivity contribution is 0.192.